The van der Waals surface area contributed by atoms with E-state index in [0.29, 0.717) is 10.5 Å². The van der Waals surface area contributed by atoms with Gasteiger partial charge >= 0.3 is 0 Å². The summed E-state index contributed by atoms with van der Waals surface area (Å²) in [7, 11) is 0. The molecule has 1 aliphatic heterocycles. The lowest BCUT2D eigenvalue weighted by molar-refractivity contribution is 0.0358. The van der Waals surface area contributed by atoms with Gasteiger partial charge in [0, 0.05) is 30.1 Å². The molecule has 1 saturated heterocycles. The minimum atomic E-state index is -0.554. The number of β-amino-alcohol motifs (C(OH)–C–C–N with tert-alkyl or cyclic N) is 1. The fraction of sp³-hybridized carbons (Fsp3) is 1.00. The summed E-state index contributed by atoms with van der Waals surface area (Å²) in [4.78, 5) is 2.37. The Hall–Kier alpha value is 0.270. The second-order valence-corrected chi connectivity index (χ2v) is 6.65. The van der Waals surface area contributed by atoms with Crippen LogP contribution in [0.1, 0.15) is 27.7 Å². The topological polar surface area (TPSA) is 23.5 Å². The van der Waals surface area contributed by atoms with E-state index in [0.717, 1.165) is 19.6 Å². The molecule has 0 spiro atoms. The SMILES string of the molecule is CC1CN(CC(C)(C)O)CC(C)S1. The molecule has 0 aliphatic carbocycles. The van der Waals surface area contributed by atoms with Gasteiger partial charge in [0.1, 0.15) is 0 Å². The Morgan fingerprint density at radius 3 is 2.15 bits per heavy atom. The van der Waals surface area contributed by atoms with Crippen LogP contribution in [0.25, 0.3) is 0 Å². The summed E-state index contributed by atoms with van der Waals surface area (Å²) >= 11 is 2.05. The van der Waals surface area contributed by atoms with Gasteiger partial charge in [0.15, 0.2) is 0 Å². The molecule has 13 heavy (non-hydrogen) atoms. The predicted molar refractivity (Wildman–Crippen MR) is 59.3 cm³/mol. The number of thioether (sulfide) groups is 1. The smallest absolute Gasteiger partial charge is 0.0718 e. The van der Waals surface area contributed by atoms with E-state index in [1.807, 2.05) is 25.6 Å². The molecule has 0 aromatic carbocycles. The molecule has 0 aromatic heterocycles. The van der Waals surface area contributed by atoms with Gasteiger partial charge in [0.05, 0.1) is 5.60 Å². The maximum Gasteiger partial charge on any atom is 0.0718 e. The number of nitrogens with zero attached hydrogens (tertiary/aromatic N) is 1. The summed E-state index contributed by atoms with van der Waals surface area (Å²) in [5.41, 5.74) is -0.554. The third-order valence-electron chi connectivity index (χ3n) is 2.11. The highest BCUT2D eigenvalue weighted by molar-refractivity contribution is 8.00. The fourth-order valence-electron chi connectivity index (χ4n) is 1.96. The second-order valence-electron chi connectivity index (χ2n) is 4.76. The Kier molecular flexibility index (Phi) is 3.66. The molecular formula is C10H21NOS. The monoisotopic (exact) mass is 203 g/mol. The van der Waals surface area contributed by atoms with Crippen molar-refractivity contribution in [3.05, 3.63) is 0 Å². The molecule has 1 aliphatic rings. The Morgan fingerprint density at radius 1 is 1.31 bits per heavy atom. The van der Waals surface area contributed by atoms with Gasteiger partial charge in [-0.2, -0.15) is 11.8 Å². The van der Waals surface area contributed by atoms with Crippen molar-refractivity contribution in [2.45, 2.75) is 43.8 Å². The Labute approximate surface area is 85.7 Å². The molecule has 2 unspecified atom stereocenters. The first kappa shape index (κ1) is 11.3. The summed E-state index contributed by atoms with van der Waals surface area (Å²) < 4.78 is 0. The molecule has 2 nitrogen and oxygen atoms in total. The van der Waals surface area contributed by atoms with Crippen molar-refractivity contribution in [3.63, 3.8) is 0 Å². The average molecular weight is 203 g/mol. The first-order chi connectivity index (χ1) is 5.87. The zero-order valence-electron chi connectivity index (χ0n) is 9.08. The van der Waals surface area contributed by atoms with Crippen molar-refractivity contribution in [3.8, 4) is 0 Å². The standard InChI is InChI=1S/C10H21NOS/c1-8-5-11(6-9(2)13-8)7-10(3,4)12/h8-9,12H,5-7H2,1-4H3. The van der Waals surface area contributed by atoms with Crippen LogP contribution in [0.2, 0.25) is 0 Å². The highest BCUT2D eigenvalue weighted by Gasteiger charge is 2.26. The zero-order valence-corrected chi connectivity index (χ0v) is 9.90. The third kappa shape index (κ3) is 4.34. The Bertz CT molecular complexity index is 157. The quantitative estimate of drug-likeness (QED) is 0.737. The van der Waals surface area contributed by atoms with Crippen LogP contribution in [0.4, 0.5) is 0 Å². The van der Waals surface area contributed by atoms with Gasteiger partial charge in [-0.1, -0.05) is 13.8 Å². The lowest BCUT2D eigenvalue weighted by Gasteiger charge is -2.37. The van der Waals surface area contributed by atoms with Gasteiger partial charge in [0.25, 0.3) is 0 Å². The van der Waals surface area contributed by atoms with Crippen LogP contribution in [0.3, 0.4) is 0 Å². The van der Waals surface area contributed by atoms with Crippen molar-refractivity contribution in [1.82, 2.24) is 4.90 Å². The van der Waals surface area contributed by atoms with Gasteiger partial charge in [-0.25, -0.2) is 0 Å². The predicted octanol–water partition coefficient (Wildman–Crippen LogP) is 1.58. The molecule has 0 bridgehead atoms. The molecule has 78 valence electrons. The zero-order chi connectivity index (χ0) is 10.1. The molecular weight excluding hydrogens is 182 g/mol. The van der Waals surface area contributed by atoms with Crippen molar-refractivity contribution >= 4 is 11.8 Å². The van der Waals surface area contributed by atoms with E-state index in [1.54, 1.807) is 0 Å². The van der Waals surface area contributed by atoms with Gasteiger partial charge in [-0.15, -0.1) is 0 Å². The molecule has 0 radical (unpaired) electrons. The minimum absolute atomic E-state index is 0.554. The fourth-order valence-corrected chi connectivity index (χ4v) is 3.35. The van der Waals surface area contributed by atoms with Crippen LogP contribution in [-0.2, 0) is 0 Å². The summed E-state index contributed by atoms with van der Waals surface area (Å²) in [5.74, 6) is 0. The van der Waals surface area contributed by atoms with E-state index in [-0.39, 0.29) is 0 Å². The van der Waals surface area contributed by atoms with Crippen LogP contribution >= 0.6 is 11.8 Å². The maximum absolute atomic E-state index is 9.69. The summed E-state index contributed by atoms with van der Waals surface area (Å²) in [5, 5.41) is 11.1. The van der Waals surface area contributed by atoms with Crippen LogP contribution in [0, 0.1) is 0 Å². The largest absolute Gasteiger partial charge is 0.389 e. The van der Waals surface area contributed by atoms with E-state index < -0.39 is 5.60 Å². The molecule has 1 heterocycles. The molecule has 0 saturated carbocycles. The maximum atomic E-state index is 9.69. The molecule has 0 amide bonds. The van der Waals surface area contributed by atoms with Crippen molar-refractivity contribution in [1.29, 1.82) is 0 Å². The van der Waals surface area contributed by atoms with Crippen LogP contribution in [-0.4, -0.2) is 45.7 Å². The van der Waals surface area contributed by atoms with Crippen molar-refractivity contribution in [2.75, 3.05) is 19.6 Å². The number of hydrogen-bond donors (Lipinski definition) is 1. The Balaban J connectivity index is 2.42. The van der Waals surface area contributed by atoms with Gasteiger partial charge < -0.3 is 5.11 Å². The second kappa shape index (κ2) is 4.20. The number of hydrogen-bond acceptors (Lipinski definition) is 3. The molecule has 3 heteroatoms. The third-order valence-corrected chi connectivity index (χ3v) is 3.33. The lowest BCUT2D eigenvalue weighted by atomic mass is 10.1. The normalized spacial score (nSPS) is 32.1. The molecule has 1 rings (SSSR count). The van der Waals surface area contributed by atoms with Crippen LogP contribution < -0.4 is 0 Å². The van der Waals surface area contributed by atoms with E-state index >= 15 is 0 Å². The van der Waals surface area contributed by atoms with Gasteiger partial charge in [-0.05, 0) is 13.8 Å². The highest BCUT2D eigenvalue weighted by Crippen LogP contribution is 2.25. The van der Waals surface area contributed by atoms with Crippen molar-refractivity contribution in [2.24, 2.45) is 0 Å². The lowest BCUT2D eigenvalue weighted by Crippen LogP contribution is -2.46. The van der Waals surface area contributed by atoms with Gasteiger partial charge in [0.2, 0.25) is 0 Å². The summed E-state index contributed by atoms with van der Waals surface area (Å²) in [6.07, 6.45) is 0. The van der Waals surface area contributed by atoms with E-state index in [9.17, 15) is 5.11 Å². The van der Waals surface area contributed by atoms with Gasteiger partial charge in [-0.3, -0.25) is 4.90 Å². The van der Waals surface area contributed by atoms with Crippen molar-refractivity contribution < 1.29 is 5.11 Å². The number of aliphatic hydroxyl groups is 1. The number of rotatable bonds is 2. The molecule has 1 fully saturated rings. The first-order valence-electron chi connectivity index (χ1n) is 4.97. The van der Waals surface area contributed by atoms with Crippen LogP contribution in [0.5, 0.6) is 0 Å². The molecule has 0 aromatic rings. The van der Waals surface area contributed by atoms with E-state index in [2.05, 4.69) is 18.7 Å². The highest BCUT2D eigenvalue weighted by atomic mass is 32.2. The summed E-state index contributed by atoms with van der Waals surface area (Å²) in [6.45, 7) is 11.3. The summed E-state index contributed by atoms with van der Waals surface area (Å²) in [6, 6.07) is 0. The molecule has 2 atom stereocenters. The molecule has 1 N–H and O–H groups in total. The van der Waals surface area contributed by atoms with E-state index in [1.165, 1.54) is 0 Å². The average Bonchev–Trinajstić information content (AvgIpc) is 1.78. The minimum Gasteiger partial charge on any atom is -0.389 e. The van der Waals surface area contributed by atoms with Crippen LogP contribution in [0.15, 0.2) is 0 Å². The Morgan fingerprint density at radius 2 is 1.77 bits per heavy atom. The first-order valence-corrected chi connectivity index (χ1v) is 5.91. The van der Waals surface area contributed by atoms with E-state index in [4.69, 9.17) is 0 Å².